The van der Waals surface area contributed by atoms with Gasteiger partial charge in [0.05, 0.1) is 15.4 Å². The fourth-order valence-corrected chi connectivity index (χ4v) is 3.89. The normalized spacial score (nSPS) is 12.3. The smallest absolute Gasteiger partial charge is 0.287 e. The molecule has 12 nitrogen and oxygen atoms in total. The molecule has 180 valence electrons. The van der Waals surface area contributed by atoms with Crippen LogP contribution in [0.1, 0.15) is 41.4 Å². The fourth-order valence-electron chi connectivity index (χ4n) is 3.62. The molecular formula is C23H13BrN4O8. The number of Topliss-reactive ketones (excluding diaryl/α,β-unsaturated/α-hetero) is 1. The zero-order chi connectivity index (χ0) is 26.1. The molecule has 0 aromatic heterocycles. The van der Waals surface area contributed by atoms with Crippen LogP contribution in [0.5, 0.6) is 0 Å². The van der Waals surface area contributed by atoms with Crippen LogP contribution in [-0.2, 0) is 0 Å². The van der Waals surface area contributed by atoms with E-state index in [0.717, 1.165) is 18.2 Å². The Morgan fingerprint density at radius 2 is 1.53 bits per heavy atom. The standard InChI is InChI=1S/C23H13BrN4O8/c24-15-9-7-13(8-10-15)19(29)12-25(21(30)14-3-1-4-16(11-14)27(33)34)26-22(31)17-5-2-6-18(28(35)36)20(17)23(26)32/h1-11H,12H2. The summed E-state index contributed by atoms with van der Waals surface area (Å²) in [4.78, 5) is 73.9. The molecule has 0 atom stereocenters. The van der Waals surface area contributed by atoms with Gasteiger partial charge in [-0.25, -0.2) is 5.01 Å². The average Bonchev–Trinajstić information content (AvgIpc) is 3.12. The highest BCUT2D eigenvalue weighted by atomic mass is 79.9. The number of ketones is 1. The number of nitro benzene ring substituents is 2. The lowest BCUT2D eigenvalue weighted by Crippen LogP contribution is -2.51. The molecule has 3 aromatic carbocycles. The predicted octanol–water partition coefficient (Wildman–Crippen LogP) is 3.80. The molecule has 36 heavy (non-hydrogen) atoms. The van der Waals surface area contributed by atoms with Crippen molar-refractivity contribution in [2.75, 3.05) is 6.54 Å². The number of hydrogen-bond donors (Lipinski definition) is 0. The maximum Gasteiger partial charge on any atom is 0.287 e. The number of non-ortho nitro benzene ring substituents is 1. The third kappa shape index (κ3) is 4.34. The summed E-state index contributed by atoms with van der Waals surface area (Å²) < 4.78 is 0.677. The first-order chi connectivity index (χ1) is 17.1. The van der Waals surface area contributed by atoms with Gasteiger partial charge in [-0.2, -0.15) is 5.01 Å². The second-order valence-corrected chi connectivity index (χ2v) is 8.39. The topological polar surface area (TPSA) is 161 Å². The van der Waals surface area contributed by atoms with Crippen molar-refractivity contribution in [3.8, 4) is 0 Å². The van der Waals surface area contributed by atoms with Crippen molar-refractivity contribution in [1.29, 1.82) is 0 Å². The Kier molecular flexibility index (Phi) is 6.40. The van der Waals surface area contributed by atoms with E-state index in [9.17, 15) is 39.4 Å². The van der Waals surface area contributed by atoms with Crippen molar-refractivity contribution in [2.24, 2.45) is 0 Å². The summed E-state index contributed by atoms with van der Waals surface area (Å²) in [5.74, 6) is -3.96. The first kappa shape index (κ1) is 24.3. The van der Waals surface area contributed by atoms with Gasteiger partial charge in [0.25, 0.3) is 29.1 Å². The Hall–Kier alpha value is -4.78. The van der Waals surface area contributed by atoms with Gasteiger partial charge in [0, 0.05) is 33.8 Å². The molecule has 0 fully saturated rings. The van der Waals surface area contributed by atoms with Crippen LogP contribution in [0.4, 0.5) is 11.4 Å². The summed E-state index contributed by atoms with van der Waals surface area (Å²) in [7, 11) is 0. The molecule has 0 saturated carbocycles. The first-order valence-electron chi connectivity index (χ1n) is 10.1. The van der Waals surface area contributed by atoms with Crippen LogP contribution in [-0.4, -0.2) is 49.9 Å². The highest BCUT2D eigenvalue weighted by Gasteiger charge is 2.46. The molecule has 3 amide bonds. The molecule has 0 unspecified atom stereocenters. The lowest BCUT2D eigenvalue weighted by molar-refractivity contribution is -0.385. The Balaban J connectivity index is 1.80. The molecule has 0 N–H and O–H groups in total. The van der Waals surface area contributed by atoms with Crippen LogP contribution in [0.2, 0.25) is 0 Å². The molecule has 1 heterocycles. The number of halogens is 1. The number of nitro groups is 2. The minimum atomic E-state index is -1.18. The molecule has 1 aliphatic heterocycles. The van der Waals surface area contributed by atoms with Crippen molar-refractivity contribution in [3.63, 3.8) is 0 Å². The molecule has 3 aromatic rings. The average molecular weight is 553 g/mol. The van der Waals surface area contributed by atoms with E-state index in [4.69, 9.17) is 0 Å². The van der Waals surface area contributed by atoms with Gasteiger partial charge in [0.15, 0.2) is 5.78 Å². The van der Waals surface area contributed by atoms with E-state index in [1.807, 2.05) is 0 Å². The lowest BCUT2D eigenvalue weighted by Gasteiger charge is -2.29. The van der Waals surface area contributed by atoms with Crippen molar-refractivity contribution in [2.45, 2.75) is 0 Å². The van der Waals surface area contributed by atoms with E-state index in [1.54, 1.807) is 12.1 Å². The number of nitrogens with zero attached hydrogens (tertiary/aromatic N) is 4. The maximum atomic E-state index is 13.5. The Morgan fingerprint density at radius 1 is 0.861 bits per heavy atom. The maximum absolute atomic E-state index is 13.5. The molecular weight excluding hydrogens is 540 g/mol. The summed E-state index contributed by atoms with van der Waals surface area (Å²) in [5.41, 5.74) is -2.05. The number of carbonyl (C=O) groups excluding carboxylic acids is 4. The monoisotopic (exact) mass is 552 g/mol. The number of benzene rings is 3. The van der Waals surface area contributed by atoms with E-state index in [2.05, 4.69) is 15.9 Å². The third-order valence-electron chi connectivity index (χ3n) is 5.31. The van der Waals surface area contributed by atoms with Gasteiger partial charge in [-0.1, -0.05) is 40.2 Å². The minimum Gasteiger partial charge on any atom is -0.292 e. The van der Waals surface area contributed by atoms with E-state index < -0.39 is 56.8 Å². The van der Waals surface area contributed by atoms with Crippen molar-refractivity contribution < 1.29 is 29.0 Å². The number of amides is 3. The number of carbonyl (C=O) groups is 4. The van der Waals surface area contributed by atoms with Crippen LogP contribution < -0.4 is 0 Å². The van der Waals surface area contributed by atoms with Crippen molar-refractivity contribution in [1.82, 2.24) is 10.0 Å². The lowest BCUT2D eigenvalue weighted by atomic mass is 10.1. The quantitative estimate of drug-likeness (QED) is 0.185. The van der Waals surface area contributed by atoms with Gasteiger partial charge < -0.3 is 0 Å². The number of imide groups is 1. The van der Waals surface area contributed by atoms with E-state index >= 15 is 0 Å². The summed E-state index contributed by atoms with van der Waals surface area (Å²) >= 11 is 3.24. The summed E-state index contributed by atoms with van der Waals surface area (Å²) in [5, 5.41) is 23.5. The zero-order valence-corrected chi connectivity index (χ0v) is 19.6. The number of hydrazine groups is 1. The van der Waals surface area contributed by atoms with Crippen LogP contribution >= 0.6 is 15.9 Å². The van der Waals surface area contributed by atoms with Crippen LogP contribution in [0.3, 0.4) is 0 Å². The second-order valence-electron chi connectivity index (χ2n) is 7.48. The molecule has 0 radical (unpaired) electrons. The Morgan fingerprint density at radius 3 is 2.17 bits per heavy atom. The van der Waals surface area contributed by atoms with Crippen LogP contribution in [0.15, 0.2) is 71.2 Å². The third-order valence-corrected chi connectivity index (χ3v) is 5.84. The molecule has 0 bridgehead atoms. The molecule has 0 aliphatic carbocycles. The Labute approximate surface area is 210 Å². The van der Waals surface area contributed by atoms with E-state index in [0.29, 0.717) is 14.5 Å². The molecule has 4 rings (SSSR count). The van der Waals surface area contributed by atoms with Crippen molar-refractivity contribution in [3.05, 3.63) is 114 Å². The predicted molar refractivity (Wildman–Crippen MR) is 126 cm³/mol. The SMILES string of the molecule is O=C(CN(C(=O)c1cccc([N+](=O)[O-])c1)N1C(=O)c2cccc([N+](=O)[O-])c2C1=O)c1ccc(Br)cc1. The van der Waals surface area contributed by atoms with Gasteiger partial charge >= 0.3 is 0 Å². The van der Waals surface area contributed by atoms with E-state index in [-0.39, 0.29) is 16.7 Å². The molecule has 1 aliphatic rings. The number of rotatable bonds is 7. The van der Waals surface area contributed by atoms with Crippen LogP contribution in [0, 0.1) is 20.2 Å². The highest BCUT2D eigenvalue weighted by Crippen LogP contribution is 2.32. The molecule has 0 spiro atoms. The van der Waals surface area contributed by atoms with Gasteiger partial charge in [0.1, 0.15) is 12.1 Å². The summed E-state index contributed by atoms with van der Waals surface area (Å²) in [6, 6.07) is 14.0. The minimum absolute atomic E-state index is 0.151. The first-order valence-corrected chi connectivity index (χ1v) is 10.9. The number of hydrogen-bond acceptors (Lipinski definition) is 8. The van der Waals surface area contributed by atoms with Crippen molar-refractivity contribution >= 4 is 50.8 Å². The van der Waals surface area contributed by atoms with E-state index in [1.165, 1.54) is 36.4 Å². The van der Waals surface area contributed by atoms with Gasteiger partial charge in [-0.3, -0.25) is 39.4 Å². The molecule has 13 heteroatoms. The van der Waals surface area contributed by atoms with Gasteiger partial charge in [-0.15, -0.1) is 0 Å². The summed E-state index contributed by atoms with van der Waals surface area (Å²) in [6.07, 6.45) is 0. The number of fused-ring (bicyclic) bond motifs is 1. The highest BCUT2D eigenvalue weighted by molar-refractivity contribution is 9.10. The fraction of sp³-hybridized carbons (Fsp3) is 0.0435. The van der Waals surface area contributed by atoms with Gasteiger partial charge in [-0.05, 0) is 24.3 Å². The van der Waals surface area contributed by atoms with Crippen LogP contribution in [0.25, 0.3) is 0 Å². The van der Waals surface area contributed by atoms with Gasteiger partial charge in [0.2, 0.25) is 0 Å². The Bertz CT molecular complexity index is 1470. The second kappa shape index (κ2) is 9.46. The largest absolute Gasteiger partial charge is 0.292 e. The zero-order valence-electron chi connectivity index (χ0n) is 18.0. The summed E-state index contributed by atoms with van der Waals surface area (Å²) in [6.45, 7) is -0.803. The molecule has 0 saturated heterocycles.